The molecule has 0 bridgehead atoms. The molecular formula is C17H22ClN3O2. The molecule has 3 rings (SSSR count). The number of carbonyl (C=O) groups excluding carboxylic acids is 1. The van der Waals surface area contributed by atoms with Gasteiger partial charge in [0.1, 0.15) is 6.26 Å². The lowest BCUT2D eigenvalue weighted by Crippen LogP contribution is -2.42. The smallest absolute Gasteiger partial charge is 0.226 e. The number of amides is 1. The zero-order valence-electron chi connectivity index (χ0n) is 13.1. The minimum atomic E-state index is 0. The molecule has 2 heterocycles. The number of nitrogens with one attached hydrogen (secondary N) is 2. The van der Waals surface area contributed by atoms with Gasteiger partial charge in [0, 0.05) is 17.5 Å². The maximum absolute atomic E-state index is 12.2. The molecule has 124 valence electrons. The maximum Gasteiger partial charge on any atom is 0.226 e. The molecule has 1 aliphatic heterocycles. The fourth-order valence-corrected chi connectivity index (χ4v) is 2.79. The highest BCUT2D eigenvalue weighted by atomic mass is 35.5. The summed E-state index contributed by atoms with van der Waals surface area (Å²) in [4.78, 5) is 16.6. The van der Waals surface area contributed by atoms with Crippen molar-refractivity contribution >= 4 is 18.3 Å². The van der Waals surface area contributed by atoms with E-state index in [4.69, 9.17) is 4.42 Å². The van der Waals surface area contributed by atoms with E-state index in [-0.39, 0.29) is 24.2 Å². The van der Waals surface area contributed by atoms with Crippen LogP contribution >= 0.6 is 12.4 Å². The SMILES string of the molecule is C[C@H]1C[C@@H](C(=O)NCc2coc(-c3ccccc3)n2)CCN1.Cl. The first-order valence-corrected chi connectivity index (χ1v) is 7.73. The van der Waals surface area contributed by atoms with Crippen molar-refractivity contribution in [2.24, 2.45) is 5.92 Å². The number of nitrogens with zero attached hydrogens (tertiary/aromatic N) is 1. The first kappa shape index (κ1) is 17.5. The van der Waals surface area contributed by atoms with Crippen LogP contribution in [0.4, 0.5) is 0 Å². The quantitative estimate of drug-likeness (QED) is 0.901. The Bertz CT molecular complexity index is 630. The number of hydrogen-bond acceptors (Lipinski definition) is 4. The van der Waals surface area contributed by atoms with Gasteiger partial charge >= 0.3 is 0 Å². The lowest BCUT2D eigenvalue weighted by Gasteiger charge is -2.26. The molecule has 2 atom stereocenters. The van der Waals surface area contributed by atoms with Crippen LogP contribution in [-0.4, -0.2) is 23.5 Å². The van der Waals surface area contributed by atoms with Crippen LogP contribution in [0.2, 0.25) is 0 Å². The van der Waals surface area contributed by atoms with E-state index in [1.165, 1.54) is 0 Å². The molecule has 1 fully saturated rings. The molecule has 1 aromatic carbocycles. The Labute approximate surface area is 142 Å². The van der Waals surface area contributed by atoms with Gasteiger partial charge in [-0.1, -0.05) is 18.2 Å². The number of benzene rings is 1. The van der Waals surface area contributed by atoms with Crippen molar-refractivity contribution < 1.29 is 9.21 Å². The lowest BCUT2D eigenvalue weighted by molar-refractivity contribution is -0.126. The molecule has 0 radical (unpaired) electrons. The van der Waals surface area contributed by atoms with Crippen molar-refractivity contribution in [1.82, 2.24) is 15.6 Å². The van der Waals surface area contributed by atoms with Crippen LogP contribution in [0.25, 0.3) is 11.5 Å². The Balaban J connectivity index is 0.00000192. The highest BCUT2D eigenvalue weighted by Gasteiger charge is 2.24. The van der Waals surface area contributed by atoms with Gasteiger partial charge in [0.25, 0.3) is 0 Å². The zero-order valence-corrected chi connectivity index (χ0v) is 13.9. The summed E-state index contributed by atoms with van der Waals surface area (Å²) in [6.45, 7) is 3.43. The first-order chi connectivity index (χ1) is 10.7. The third-order valence-electron chi connectivity index (χ3n) is 4.01. The number of rotatable bonds is 4. The minimum absolute atomic E-state index is 0. The fraction of sp³-hybridized carbons (Fsp3) is 0.412. The Morgan fingerprint density at radius 3 is 2.91 bits per heavy atom. The molecule has 6 heteroatoms. The van der Waals surface area contributed by atoms with Gasteiger partial charge in [-0.15, -0.1) is 12.4 Å². The van der Waals surface area contributed by atoms with Gasteiger partial charge in [-0.25, -0.2) is 4.98 Å². The fourth-order valence-electron chi connectivity index (χ4n) is 2.79. The first-order valence-electron chi connectivity index (χ1n) is 7.73. The molecule has 0 aliphatic carbocycles. The van der Waals surface area contributed by atoms with Gasteiger partial charge in [-0.3, -0.25) is 4.79 Å². The Hall–Kier alpha value is -1.85. The topological polar surface area (TPSA) is 67.2 Å². The second-order valence-electron chi connectivity index (χ2n) is 5.80. The van der Waals surface area contributed by atoms with E-state index < -0.39 is 0 Å². The number of halogens is 1. The van der Waals surface area contributed by atoms with Crippen LogP contribution in [0.1, 0.15) is 25.5 Å². The van der Waals surface area contributed by atoms with Gasteiger partial charge in [-0.2, -0.15) is 0 Å². The molecule has 23 heavy (non-hydrogen) atoms. The Morgan fingerprint density at radius 2 is 2.17 bits per heavy atom. The van der Waals surface area contributed by atoms with Crippen molar-refractivity contribution in [3.8, 4) is 11.5 Å². The molecule has 1 aromatic heterocycles. The number of aromatic nitrogens is 1. The van der Waals surface area contributed by atoms with Gasteiger partial charge in [0.05, 0.1) is 12.2 Å². The van der Waals surface area contributed by atoms with E-state index >= 15 is 0 Å². The largest absolute Gasteiger partial charge is 0.444 e. The average molecular weight is 336 g/mol. The molecular weight excluding hydrogens is 314 g/mol. The monoisotopic (exact) mass is 335 g/mol. The summed E-state index contributed by atoms with van der Waals surface area (Å²) < 4.78 is 5.47. The third-order valence-corrected chi connectivity index (χ3v) is 4.01. The van der Waals surface area contributed by atoms with Crippen LogP contribution in [0.3, 0.4) is 0 Å². The molecule has 1 amide bonds. The minimum Gasteiger partial charge on any atom is -0.444 e. The van der Waals surface area contributed by atoms with Gasteiger partial charge in [-0.05, 0) is 38.4 Å². The molecule has 5 nitrogen and oxygen atoms in total. The van der Waals surface area contributed by atoms with E-state index in [0.29, 0.717) is 18.5 Å². The normalized spacial score (nSPS) is 20.6. The summed E-state index contributed by atoms with van der Waals surface area (Å²) in [5, 5.41) is 6.32. The zero-order chi connectivity index (χ0) is 15.4. The highest BCUT2D eigenvalue weighted by molar-refractivity contribution is 5.85. The van der Waals surface area contributed by atoms with Crippen LogP contribution in [0.5, 0.6) is 0 Å². The second kappa shape index (κ2) is 8.13. The molecule has 2 aromatic rings. The number of oxazole rings is 1. The van der Waals surface area contributed by atoms with Gasteiger partial charge < -0.3 is 15.1 Å². The van der Waals surface area contributed by atoms with Crippen LogP contribution in [0, 0.1) is 5.92 Å². The molecule has 2 N–H and O–H groups in total. The number of hydrogen-bond donors (Lipinski definition) is 2. The predicted octanol–water partition coefficient (Wildman–Crippen LogP) is 2.77. The number of piperidine rings is 1. The van der Waals surface area contributed by atoms with Crippen molar-refractivity contribution in [1.29, 1.82) is 0 Å². The van der Waals surface area contributed by atoms with Crippen LogP contribution < -0.4 is 10.6 Å². The van der Waals surface area contributed by atoms with Crippen molar-refractivity contribution in [3.05, 3.63) is 42.3 Å². The van der Waals surface area contributed by atoms with Crippen LogP contribution in [0.15, 0.2) is 41.0 Å². The summed E-state index contributed by atoms with van der Waals surface area (Å²) in [7, 11) is 0. The lowest BCUT2D eigenvalue weighted by atomic mass is 9.92. The number of carbonyl (C=O) groups is 1. The molecule has 1 aliphatic rings. The summed E-state index contributed by atoms with van der Waals surface area (Å²) >= 11 is 0. The van der Waals surface area contributed by atoms with Crippen LogP contribution in [-0.2, 0) is 11.3 Å². The van der Waals surface area contributed by atoms with Crippen molar-refractivity contribution in [2.75, 3.05) is 6.54 Å². The predicted molar refractivity (Wildman–Crippen MR) is 91.2 cm³/mol. The standard InChI is InChI=1S/C17H21N3O2.ClH/c1-12-9-14(7-8-18-12)16(21)19-10-15-11-22-17(20-15)13-5-3-2-4-6-13;/h2-6,11-12,14,18H,7-10H2,1H3,(H,19,21);1H/t12-,14-;/m0./s1. The molecule has 0 unspecified atom stereocenters. The van der Waals surface area contributed by atoms with E-state index in [1.54, 1.807) is 6.26 Å². The van der Waals surface area contributed by atoms with Crippen molar-refractivity contribution in [2.45, 2.75) is 32.4 Å². The maximum atomic E-state index is 12.2. The second-order valence-corrected chi connectivity index (χ2v) is 5.80. The average Bonchev–Trinajstić information content (AvgIpc) is 3.02. The van der Waals surface area contributed by atoms with Gasteiger partial charge in [0.2, 0.25) is 11.8 Å². The molecule has 0 saturated carbocycles. The summed E-state index contributed by atoms with van der Waals surface area (Å²) in [6, 6.07) is 10.1. The molecule has 1 saturated heterocycles. The summed E-state index contributed by atoms with van der Waals surface area (Å²) in [5.74, 6) is 0.787. The third kappa shape index (κ3) is 4.56. The van der Waals surface area contributed by atoms with E-state index in [0.717, 1.165) is 30.6 Å². The van der Waals surface area contributed by atoms with E-state index in [2.05, 4.69) is 22.5 Å². The van der Waals surface area contributed by atoms with E-state index in [1.807, 2.05) is 30.3 Å². The summed E-state index contributed by atoms with van der Waals surface area (Å²) in [5.41, 5.74) is 1.68. The van der Waals surface area contributed by atoms with Gasteiger partial charge in [0.15, 0.2) is 0 Å². The Kier molecular flexibility index (Phi) is 6.19. The highest BCUT2D eigenvalue weighted by Crippen LogP contribution is 2.19. The molecule has 0 spiro atoms. The van der Waals surface area contributed by atoms with E-state index in [9.17, 15) is 4.79 Å². The summed E-state index contributed by atoms with van der Waals surface area (Å²) in [6.07, 6.45) is 3.39. The van der Waals surface area contributed by atoms with Crippen molar-refractivity contribution in [3.63, 3.8) is 0 Å². The Morgan fingerprint density at radius 1 is 1.39 bits per heavy atom.